The van der Waals surface area contributed by atoms with Crippen molar-refractivity contribution in [1.29, 1.82) is 0 Å². The van der Waals surface area contributed by atoms with E-state index >= 15 is 0 Å². The van der Waals surface area contributed by atoms with Crippen molar-refractivity contribution < 1.29 is 9.53 Å². The first kappa shape index (κ1) is 19.7. The summed E-state index contributed by atoms with van der Waals surface area (Å²) in [6, 6.07) is 0.213. The summed E-state index contributed by atoms with van der Waals surface area (Å²) in [4.78, 5) is 12.2. The first-order chi connectivity index (χ1) is 8.85. The van der Waals surface area contributed by atoms with E-state index in [0.29, 0.717) is 5.92 Å². The summed E-state index contributed by atoms with van der Waals surface area (Å²) in [7, 11) is 0. The van der Waals surface area contributed by atoms with Gasteiger partial charge in [-0.15, -0.1) is 12.4 Å². The molecule has 1 heterocycles. The normalized spacial score (nSPS) is 25.7. The maximum absolute atomic E-state index is 12.2. The second-order valence-electron chi connectivity index (χ2n) is 6.48. The fraction of sp³-hybridized carbons (Fsp3) is 0.933. The van der Waals surface area contributed by atoms with Crippen LogP contribution in [0.1, 0.15) is 59.8 Å². The van der Waals surface area contributed by atoms with Crippen LogP contribution in [-0.4, -0.2) is 30.2 Å². The summed E-state index contributed by atoms with van der Waals surface area (Å²) in [5.41, 5.74) is 5.31. The van der Waals surface area contributed by atoms with E-state index in [0.717, 1.165) is 38.7 Å². The average molecular weight is 307 g/mol. The lowest BCUT2D eigenvalue weighted by Crippen LogP contribution is -2.55. The molecule has 0 aliphatic carbocycles. The third-order valence-electron chi connectivity index (χ3n) is 3.72. The molecule has 1 aliphatic rings. The molecule has 0 aromatic carbocycles. The number of carbonyl (C=O) groups is 1. The van der Waals surface area contributed by atoms with Crippen LogP contribution >= 0.6 is 12.4 Å². The molecule has 0 aromatic rings. The van der Waals surface area contributed by atoms with Crippen LogP contribution in [0, 0.1) is 5.92 Å². The molecule has 4 nitrogen and oxygen atoms in total. The van der Waals surface area contributed by atoms with Crippen molar-refractivity contribution in [3.63, 3.8) is 0 Å². The zero-order chi connectivity index (χ0) is 14.5. The number of hydrogen-bond acceptors (Lipinski definition) is 3. The van der Waals surface area contributed by atoms with Gasteiger partial charge in [-0.1, -0.05) is 27.2 Å². The van der Waals surface area contributed by atoms with Gasteiger partial charge in [0.25, 0.3) is 0 Å². The molecule has 3 unspecified atom stereocenters. The fourth-order valence-electron chi connectivity index (χ4n) is 2.68. The predicted molar refractivity (Wildman–Crippen MR) is 85.1 cm³/mol. The molecule has 0 radical (unpaired) electrons. The molecule has 0 bridgehead atoms. The Kier molecular flexibility index (Phi) is 8.71. The molecular weight excluding hydrogens is 276 g/mol. The van der Waals surface area contributed by atoms with Crippen molar-refractivity contribution in [2.24, 2.45) is 11.7 Å². The zero-order valence-electron chi connectivity index (χ0n) is 13.3. The highest BCUT2D eigenvalue weighted by atomic mass is 35.5. The van der Waals surface area contributed by atoms with E-state index in [1.165, 1.54) is 0 Å². The molecule has 20 heavy (non-hydrogen) atoms. The lowest BCUT2D eigenvalue weighted by molar-refractivity contribution is -0.127. The summed E-state index contributed by atoms with van der Waals surface area (Å²) in [6.07, 6.45) is 4.77. The summed E-state index contributed by atoms with van der Waals surface area (Å²) < 4.78 is 5.75. The Morgan fingerprint density at radius 3 is 2.70 bits per heavy atom. The number of nitrogens with one attached hydrogen (secondary N) is 1. The Labute approximate surface area is 129 Å². The van der Waals surface area contributed by atoms with Gasteiger partial charge in [0.2, 0.25) is 5.91 Å². The van der Waals surface area contributed by atoms with Crippen LogP contribution in [0.25, 0.3) is 0 Å². The van der Waals surface area contributed by atoms with Gasteiger partial charge in [-0.2, -0.15) is 0 Å². The number of halogens is 1. The van der Waals surface area contributed by atoms with Gasteiger partial charge in [-0.25, -0.2) is 0 Å². The summed E-state index contributed by atoms with van der Waals surface area (Å²) >= 11 is 0. The van der Waals surface area contributed by atoms with Gasteiger partial charge in [0, 0.05) is 12.6 Å². The molecular formula is C15H31ClN2O2. The minimum Gasteiger partial charge on any atom is -0.378 e. The molecule has 3 N–H and O–H groups in total. The Morgan fingerprint density at radius 1 is 1.50 bits per heavy atom. The molecule has 120 valence electrons. The SMILES string of the molecule is CCCC(C)(N)C(=O)NC1CCOC(CC(C)C)C1.Cl. The van der Waals surface area contributed by atoms with Gasteiger partial charge < -0.3 is 15.8 Å². The van der Waals surface area contributed by atoms with E-state index in [9.17, 15) is 4.79 Å². The van der Waals surface area contributed by atoms with Crippen LogP contribution < -0.4 is 11.1 Å². The van der Waals surface area contributed by atoms with Crippen molar-refractivity contribution >= 4 is 18.3 Å². The van der Waals surface area contributed by atoms with E-state index in [1.807, 2.05) is 13.8 Å². The number of carbonyl (C=O) groups excluding carboxylic acids is 1. The zero-order valence-corrected chi connectivity index (χ0v) is 14.1. The highest BCUT2D eigenvalue weighted by molar-refractivity contribution is 5.86. The highest BCUT2D eigenvalue weighted by Crippen LogP contribution is 2.21. The van der Waals surface area contributed by atoms with Gasteiger partial charge >= 0.3 is 0 Å². The number of hydrogen-bond donors (Lipinski definition) is 2. The van der Waals surface area contributed by atoms with Gasteiger partial charge in [0.1, 0.15) is 0 Å². The Bertz CT molecular complexity index is 296. The topological polar surface area (TPSA) is 64.4 Å². The number of nitrogens with two attached hydrogens (primary N) is 1. The van der Waals surface area contributed by atoms with Gasteiger partial charge in [0.15, 0.2) is 0 Å². The molecule has 1 saturated heterocycles. The molecule has 0 aromatic heterocycles. The molecule has 1 rings (SSSR count). The van der Waals surface area contributed by atoms with E-state index < -0.39 is 5.54 Å². The largest absolute Gasteiger partial charge is 0.378 e. The highest BCUT2D eigenvalue weighted by Gasteiger charge is 2.31. The van der Waals surface area contributed by atoms with E-state index in [-0.39, 0.29) is 30.5 Å². The molecule has 0 spiro atoms. The molecule has 1 amide bonds. The third kappa shape index (κ3) is 6.42. The number of amides is 1. The molecule has 5 heteroatoms. The quantitative estimate of drug-likeness (QED) is 0.793. The van der Waals surface area contributed by atoms with Gasteiger partial charge in [-0.3, -0.25) is 4.79 Å². The van der Waals surface area contributed by atoms with E-state index in [2.05, 4.69) is 19.2 Å². The second kappa shape index (κ2) is 8.85. The lowest BCUT2D eigenvalue weighted by atomic mass is 9.93. The maximum Gasteiger partial charge on any atom is 0.240 e. The van der Waals surface area contributed by atoms with E-state index in [1.54, 1.807) is 0 Å². The minimum absolute atomic E-state index is 0. The van der Waals surface area contributed by atoms with Crippen LogP contribution in [-0.2, 0) is 9.53 Å². The second-order valence-corrected chi connectivity index (χ2v) is 6.48. The van der Waals surface area contributed by atoms with Crippen molar-refractivity contribution in [2.45, 2.75) is 77.5 Å². The van der Waals surface area contributed by atoms with Crippen LogP contribution in [0.15, 0.2) is 0 Å². The molecule has 1 aliphatic heterocycles. The Hall–Kier alpha value is -0.320. The maximum atomic E-state index is 12.2. The van der Waals surface area contributed by atoms with E-state index in [4.69, 9.17) is 10.5 Å². The number of ether oxygens (including phenoxy) is 1. The van der Waals surface area contributed by atoms with Crippen LogP contribution in [0.4, 0.5) is 0 Å². The van der Waals surface area contributed by atoms with Crippen LogP contribution in [0.3, 0.4) is 0 Å². The number of rotatable bonds is 6. The summed E-state index contributed by atoms with van der Waals surface area (Å²) in [5.74, 6) is 0.601. The standard InChI is InChI=1S/C15H30N2O2.ClH/c1-5-7-15(4,16)14(18)17-12-6-8-19-13(10-12)9-11(2)3;/h11-13H,5-10,16H2,1-4H3,(H,17,18);1H. The van der Waals surface area contributed by atoms with Crippen molar-refractivity contribution in [3.05, 3.63) is 0 Å². The van der Waals surface area contributed by atoms with Crippen molar-refractivity contribution in [2.75, 3.05) is 6.61 Å². The Morgan fingerprint density at radius 2 is 2.15 bits per heavy atom. The average Bonchev–Trinajstić information content (AvgIpc) is 2.28. The third-order valence-corrected chi connectivity index (χ3v) is 3.72. The first-order valence-corrected chi connectivity index (χ1v) is 7.56. The Balaban J connectivity index is 0.00000361. The fourth-order valence-corrected chi connectivity index (χ4v) is 2.68. The van der Waals surface area contributed by atoms with Gasteiger partial charge in [0.05, 0.1) is 11.6 Å². The molecule has 1 fully saturated rings. The van der Waals surface area contributed by atoms with Crippen molar-refractivity contribution in [3.8, 4) is 0 Å². The molecule has 0 saturated carbocycles. The van der Waals surface area contributed by atoms with Crippen LogP contribution in [0.2, 0.25) is 0 Å². The monoisotopic (exact) mass is 306 g/mol. The smallest absolute Gasteiger partial charge is 0.240 e. The summed E-state index contributed by atoms with van der Waals surface area (Å²) in [5, 5.41) is 3.10. The van der Waals surface area contributed by atoms with Crippen LogP contribution in [0.5, 0.6) is 0 Å². The van der Waals surface area contributed by atoms with Crippen molar-refractivity contribution in [1.82, 2.24) is 5.32 Å². The van der Waals surface area contributed by atoms with Gasteiger partial charge in [-0.05, 0) is 38.5 Å². The molecule has 3 atom stereocenters. The predicted octanol–water partition coefficient (Wildman–Crippen LogP) is 2.64. The lowest BCUT2D eigenvalue weighted by Gasteiger charge is -2.33. The minimum atomic E-state index is -0.749. The summed E-state index contributed by atoms with van der Waals surface area (Å²) in [6.45, 7) is 8.99. The first-order valence-electron chi connectivity index (χ1n) is 7.56.